The van der Waals surface area contributed by atoms with Gasteiger partial charge in [-0.15, -0.1) is 0 Å². The third kappa shape index (κ3) is 2.91. The number of carbonyl (C=O) groups is 2. The number of aliphatic hydroxyl groups is 1. The van der Waals surface area contributed by atoms with Crippen molar-refractivity contribution in [2.45, 2.75) is 6.92 Å². The van der Waals surface area contributed by atoms with E-state index < -0.39 is 17.6 Å². The second-order valence-electron chi connectivity index (χ2n) is 5.29. The maximum absolute atomic E-state index is 14.3. The van der Waals surface area contributed by atoms with Gasteiger partial charge in [-0.25, -0.2) is 9.37 Å². The summed E-state index contributed by atoms with van der Waals surface area (Å²) in [6, 6.07) is 4.38. The van der Waals surface area contributed by atoms with Gasteiger partial charge in [0.05, 0.1) is 30.9 Å². The number of benzene rings is 1. The zero-order valence-corrected chi connectivity index (χ0v) is 12.9. The number of hydrogen-bond donors (Lipinski definition) is 2. The lowest BCUT2D eigenvalue weighted by molar-refractivity contribution is -0.137. The molecule has 7 nitrogen and oxygen atoms in total. The fourth-order valence-electron chi connectivity index (χ4n) is 2.41. The van der Waals surface area contributed by atoms with Crippen LogP contribution in [0.1, 0.15) is 5.69 Å². The molecule has 2 aromatic rings. The van der Waals surface area contributed by atoms with Gasteiger partial charge >= 0.3 is 0 Å². The Morgan fingerprint density at radius 2 is 2.12 bits per heavy atom. The molecule has 2 amide bonds. The van der Waals surface area contributed by atoms with Crippen LogP contribution in [0, 0.1) is 12.7 Å². The van der Waals surface area contributed by atoms with Crippen LogP contribution in [0.4, 0.5) is 10.1 Å². The monoisotopic (exact) mass is 330 g/mol. The van der Waals surface area contributed by atoms with Crippen LogP contribution >= 0.6 is 0 Å². The number of aryl methyl sites for hydroxylation is 1. The molecule has 0 saturated heterocycles. The highest BCUT2D eigenvalue weighted by Gasteiger charge is 2.30. The van der Waals surface area contributed by atoms with Crippen LogP contribution in [0.15, 0.2) is 42.5 Å². The maximum atomic E-state index is 14.3. The van der Waals surface area contributed by atoms with Crippen molar-refractivity contribution in [1.29, 1.82) is 0 Å². The summed E-state index contributed by atoms with van der Waals surface area (Å²) in [5, 5.41) is 11.6. The van der Waals surface area contributed by atoms with E-state index in [0.29, 0.717) is 11.4 Å². The first kappa shape index (κ1) is 15.9. The van der Waals surface area contributed by atoms with Crippen molar-refractivity contribution in [1.82, 2.24) is 14.5 Å². The summed E-state index contributed by atoms with van der Waals surface area (Å²) in [5.41, 5.74) is 1.47. The molecule has 0 unspecified atom stereocenters. The van der Waals surface area contributed by atoms with Crippen LogP contribution in [0.5, 0.6) is 0 Å². The predicted octanol–water partition coefficient (Wildman–Crippen LogP) is 0.977. The molecule has 0 saturated carbocycles. The third-order valence-electron chi connectivity index (χ3n) is 3.55. The molecule has 124 valence electrons. The second kappa shape index (κ2) is 6.25. The number of rotatable bonds is 5. The Morgan fingerprint density at radius 1 is 1.33 bits per heavy atom. The molecule has 0 bridgehead atoms. The van der Waals surface area contributed by atoms with E-state index in [2.05, 4.69) is 10.3 Å². The standard InChI is InChI=1S/C16H15FN4O3/c1-10-8-20(9-18-10)14-3-2-11(6-12(14)17)19-13-7-15(23)21(4-5-22)16(13)24/h2-3,6-9,19,22H,4-5H2,1H3. The summed E-state index contributed by atoms with van der Waals surface area (Å²) in [6.07, 6.45) is 4.33. The Morgan fingerprint density at radius 3 is 2.75 bits per heavy atom. The topological polar surface area (TPSA) is 87.5 Å². The first-order valence-electron chi connectivity index (χ1n) is 7.25. The molecule has 0 fully saturated rings. The normalized spacial score (nSPS) is 14.3. The van der Waals surface area contributed by atoms with Gasteiger partial charge < -0.3 is 15.0 Å². The van der Waals surface area contributed by atoms with Gasteiger partial charge in [-0.05, 0) is 25.1 Å². The van der Waals surface area contributed by atoms with E-state index in [1.165, 1.54) is 12.4 Å². The van der Waals surface area contributed by atoms with Crippen molar-refractivity contribution in [3.05, 3.63) is 54.0 Å². The molecular formula is C16H15FN4O3. The summed E-state index contributed by atoms with van der Waals surface area (Å²) < 4.78 is 15.8. The van der Waals surface area contributed by atoms with Gasteiger partial charge in [-0.1, -0.05) is 0 Å². The molecule has 0 radical (unpaired) electrons. The Bertz CT molecular complexity index is 844. The minimum absolute atomic E-state index is 0.0408. The Balaban J connectivity index is 1.80. The van der Waals surface area contributed by atoms with Crippen LogP contribution in [0.25, 0.3) is 5.69 Å². The van der Waals surface area contributed by atoms with Crippen LogP contribution in [0.3, 0.4) is 0 Å². The van der Waals surface area contributed by atoms with Crippen molar-refractivity contribution in [3.8, 4) is 5.69 Å². The molecule has 0 atom stereocenters. The van der Waals surface area contributed by atoms with Crippen molar-refractivity contribution >= 4 is 17.5 Å². The van der Waals surface area contributed by atoms with Crippen LogP contribution in [-0.4, -0.2) is 44.5 Å². The summed E-state index contributed by atoms with van der Waals surface area (Å²) in [4.78, 5) is 28.7. The van der Waals surface area contributed by atoms with E-state index in [4.69, 9.17) is 5.11 Å². The Kier molecular flexibility index (Phi) is 4.13. The number of β-amino-alcohol motifs (C(OH)–C–C–N with tert-alkyl or cyclic N) is 1. The molecule has 1 aromatic heterocycles. The molecule has 0 spiro atoms. The van der Waals surface area contributed by atoms with E-state index >= 15 is 0 Å². The zero-order valence-electron chi connectivity index (χ0n) is 12.9. The van der Waals surface area contributed by atoms with Crippen molar-refractivity contribution in [2.24, 2.45) is 0 Å². The lowest BCUT2D eigenvalue weighted by atomic mass is 10.2. The molecule has 1 aliphatic rings. The number of halogens is 1. The van der Waals surface area contributed by atoms with Gasteiger partial charge in [0.25, 0.3) is 11.8 Å². The Labute approximate surface area is 137 Å². The van der Waals surface area contributed by atoms with Crippen LogP contribution < -0.4 is 5.32 Å². The minimum atomic E-state index is -0.552. The average Bonchev–Trinajstić information content (AvgIpc) is 3.07. The van der Waals surface area contributed by atoms with Crippen molar-refractivity contribution < 1.29 is 19.1 Å². The zero-order chi connectivity index (χ0) is 17.3. The van der Waals surface area contributed by atoms with E-state index in [1.807, 2.05) is 0 Å². The number of imide groups is 1. The lowest BCUT2D eigenvalue weighted by Crippen LogP contribution is -2.34. The molecule has 3 rings (SSSR count). The number of imidazole rings is 1. The van der Waals surface area contributed by atoms with Crippen molar-refractivity contribution in [2.75, 3.05) is 18.5 Å². The van der Waals surface area contributed by atoms with Crippen LogP contribution in [0.2, 0.25) is 0 Å². The molecule has 0 aliphatic carbocycles. The number of carbonyl (C=O) groups excluding carboxylic acids is 2. The number of aliphatic hydroxyl groups excluding tert-OH is 1. The highest BCUT2D eigenvalue weighted by Crippen LogP contribution is 2.21. The first-order chi connectivity index (χ1) is 11.5. The molecule has 2 heterocycles. The summed E-state index contributed by atoms with van der Waals surface area (Å²) in [5.74, 6) is -1.56. The highest BCUT2D eigenvalue weighted by molar-refractivity contribution is 6.17. The van der Waals surface area contributed by atoms with Gasteiger partial charge in [0.1, 0.15) is 11.5 Å². The third-order valence-corrected chi connectivity index (χ3v) is 3.55. The summed E-state index contributed by atoms with van der Waals surface area (Å²) >= 11 is 0. The highest BCUT2D eigenvalue weighted by atomic mass is 19.1. The predicted molar refractivity (Wildman–Crippen MR) is 83.8 cm³/mol. The summed E-state index contributed by atoms with van der Waals surface area (Å²) in [6.45, 7) is 1.41. The van der Waals surface area contributed by atoms with Gasteiger partial charge in [0.15, 0.2) is 0 Å². The van der Waals surface area contributed by atoms with E-state index in [0.717, 1.165) is 16.7 Å². The van der Waals surface area contributed by atoms with Crippen LogP contribution in [-0.2, 0) is 9.59 Å². The first-order valence-corrected chi connectivity index (χ1v) is 7.25. The fraction of sp³-hybridized carbons (Fsp3) is 0.188. The number of nitrogens with one attached hydrogen (secondary N) is 1. The number of aromatic nitrogens is 2. The Hall–Kier alpha value is -3.00. The van der Waals surface area contributed by atoms with Gasteiger partial charge in [0, 0.05) is 18.0 Å². The largest absolute Gasteiger partial charge is 0.395 e. The molecule has 1 aromatic carbocycles. The van der Waals surface area contributed by atoms with Gasteiger partial charge in [-0.3, -0.25) is 14.5 Å². The van der Waals surface area contributed by atoms with E-state index in [9.17, 15) is 14.0 Å². The van der Waals surface area contributed by atoms with Gasteiger partial charge in [0.2, 0.25) is 0 Å². The minimum Gasteiger partial charge on any atom is -0.395 e. The van der Waals surface area contributed by atoms with E-state index in [-0.39, 0.29) is 18.8 Å². The molecule has 8 heteroatoms. The number of hydrogen-bond acceptors (Lipinski definition) is 5. The second-order valence-corrected chi connectivity index (χ2v) is 5.29. The number of anilines is 1. The van der Waals surface area contributed by atoms with Crippen molar-refractivity contribution in [3.63, 3.8) is 0 Å². The molecule has 24 heavy (non-hydrogen) atoms. The lowest BCUT2D eigenvalue weighted by Gasteiger charge is -2.13. The average molecular weight is 330 g/mol. The van der Waals surface area contributed by atoms with E-state index in [1.54, 1.807) is 29.8 Å². The fourth-order valence-corrected chi connectivity index (χ4v) is 2.41. The quantitative estimate of drug-likeness (QED) is 0.798. The maximum Gasteiger partial charge on any atom is 0.277 e. The number of amides is 2. The number of nitrogens with zero attached hydrogens (tertiary/aromatic N) is 3. The SMILES string of the molecule is Cc1cn(-c2ccc(NC3=CC(=O)N(CCO)C3=O)cc2F)cn1. The molecule has 1 aliphatic heterocycles. The smallest absolute Gasteiger partial charge is 0.277 e. The summed E-state index contributed by atoms with van der Waals surface area (Å²) in [7, 11) is 0. The molecule has 2 N–H and O–H groups in total. The van der Waals surface area contributed by atoms with Gasteiger partial charge in [-0.2, -0.15) is 0 Å². The molecular weight excluding hydrogens is 315 g/mol.